The monoisotopic (exact) mass is 506 g/mol. The normalized spacial score (nSPS) is 14.4. The maximum absolute atomic E-state index is 13.1. The molecule has 0 aliphatic rings. The van der Waals surface area contributed by atoms with Crippen molar-refractivity contribution in [2.45, 2.75) is 77.5 Å². The van der Waals surface area contributed by atoms with Crippen molar-refractivity contribution in [2.75, 3.05) is 0 Å². The van der Waals surface area contributed by atoms with Gasteiger partial charge in [0.15, 0.2) is 0 Å². The largest absolute Gasteiger partial charge is 0.481 e. The summed E-state index contributed by atoms with van der Waals surface area (Å²) in [7, 11) is 0. The van der Waals surface area contributed by atoms with E-state index in [1.807, 2.05) is 13.8 Å². The Morgan fingerprint density at radius 2 is 1.33 bits per heavy atom. The lowest BCUT2D eigenvalue weighted by Gasteiger charge is -2.26. The van der Waals surface area contributed by atoms with E-state index in [1.165, 1.54) is 0 Å². The summed E-state index contributed by atoms with van der Waals surface area (Å²) < 4.78 is 0. The molecule has 11 heteroatoms. The van der Waals surface area contributed by atoms with Crippen LogP contribution in [0.1, 0.15) is 52.5 Å². The lowest BCUT2D eigenvalue weighted by molar-refractivity contribution is -0.142. The van der Waals surface area contributed by atoms with E-state index in [-0.39, 0.29) is 31.1 Å². The number of nitrogens with one attached hydrogen (secondary N) is 3. The molecule has 7 N–H and O–H groups in total. The SMILES string of the molecule is CC(C)CC(NC(=O)C(Cc1ccccc1)NC(=O)C(CCC(=O)O)NC(=O)C(N)C(C)C)C(=O)O. The number of rotatable bonds is 15. The van der Waals surface area contributed by atoms with Crippen LogP contribution >= 0.6 is 0 Å². The number of carboxylic acid groups (broad SMARTS) is 2. The maximum Gasteiger partial charge on any atom is 0.326 e. The van der Waals surface area contributed by atoms with Crippen molar-refractivity contribution < 1.29 is 34.2 Å². The summed E-state index contributed by atoms with van der Waals surface area (Å²) in [4.78, 5) is 61.5. The van der Waals surface area contributed by atoms with Crippen molar-refractivity contribution >= 4 is 29.7 Å². The zero-order chi connectivity index (χ0) is 27.4. The van der Waals surface area contributed by atoms with E-state index < -0.39 is 60.2 Å². The molecule has 200 valence electrons. The van der Waals surface area contributed by atoms with Gasteiger partial charge in [0.1, 0.15) is 18.1 Å². The van der Waals surface area contributed by atoms with Gasteiger partial charge >= 0.3 is 11.9 Å². The highest BCUT2D eigenvalue weighted by molar-refractivity contribution is 5.94. The summed E-state index contributed by atoms with van der Waals surface area (Å²) in [5.41, 5.74) is 6.57. The zero-order valence-electron chi connectivity index (χ0n) is 21.2. The molecule has 0 bridgehead atoms. The van der Waals surface area contributed by atoms with E-state index in [9.17, 15) is 29.1 Å². The standard InChI is InChI=1S/C25H38N4O7/c1-14(2)12-19(25(35)36)29-23(33)18(13-16-8-6-5-7-9-16)28-22(32)17(10-11-20(30)31)27-24(34)21(26)15(3)4/h5-9,14-15,17-19,21H,10-13,26H2,1-4H3,(H,27,34)(H,28,32)(H,29,33)(H,30,31)(H,35,36). The Labute approximate surface area is 211 Å². The van der Waals surface area contributed by atoms with Crippen molar-refractivity contribution in [1.82, 2.24) is 16.0 Å². The third-order valence-corrected chi connectivity index (χ3v) is 5.54. The molecule has 0 aromatic heterocycles. The first-order valence-corrected chi connectivity index (χ1v) is 12.0. The maximum atomic E-state index is 13.1. The van der Waals surface area contributed by atoms with Gasteiger partial charge in [0.05, 0.1) is 6.04 Å². The highest BCUT2D eigenvalue weighted by Crippen LogP contribution is 2.09. The molecular formula is C25H38N4O7. The number of nitrogens with two attached hydrogens (primary N) is 1. The topological polar surface area (TPSA) is 188 Å². The number of carbonyl (C=O) groups is 5. The summed E-state index contributed by atoms with van der Waals surface area (Å²) in [6.45, 7) is 7.10. The van der Waals surface area contributed by atoms with Crippen LogP contribution in [0.5, 0.6) is 0 Å². The molecule has 0 saturated heterocycles. The average molecular weight is 507 g/mol. The van der Waals surface area contributed by atoms with E-state index in [4.69, 9.17) is 10.8 Å². The first kappa shape index (κ1) is 30.6. The van der Waals surface area contributed by atoms with E-state index >= 15 is 0 Å². The number of carboxylic acids is 2. The first-order valence-electron chi connectivity index (χ1n) is 12.0. The van der Waals surface area contributed by atoms with Gasteiger partial charge in [0, 0.05) is 12.8 Å². The molecule has 3 amide bonds. The lowest BCUT2D eigenvalue weighted by atomic mass is 10.0. The van der Waals surface area contributed by atoms with Gasteiger partial charge < -0.3 is 31.9 Å². The van der Waals surface area contributed by atoms with Crippen LogP contribution in [0, 0.1) is 11.8 Å². The van der Waals surface area contributed by atoms with Crippen LogP contribution in [0.3, 0.4) is 0 Å². The number of aliphatic carboxylic acids is 2. The fourth-order valence-corrected chi connectivity index (χ4v) is 3.40. The van der Waals surface area contributed by atoms with Gasteiger partial charge in [0.2, 0.25) is 17.7 Å². The van der Waals surface area contributed by atoms with E-state index in [2.05, 4.69) is 16.0 Å². The van der Waals surface area contributed by atoms with Crippen molar-refractivity contribution in [3.63, 3.8) is 0 Å². The number of hydrogen-bond donors (Lipinski definition) is 6. The fraction of sp³-hybridized carbons (Fsp3) is 0.560. The average Bonchev–Trinajstić information content (AvgIpc) is 2.80. The molecule has 36 heavy (non-hydrogen) atoms. The van der Waals surface area contributed by atoms with Gasteiger partial charge in [-0.2, -0.15) is 0 Å². The summed E-state index contributed by atoms with van der Waals surface area (Å²) >= 11 is 0. The summed E-state index contributed by atoms with van der Waals surface area (Å²) in [5, 5.41) is 26.1. The summed E-state index contributed by atoms with van der Waals surface area (Å²) in [6.07, 6.45) is -0.377. The van der Waals surface area contributed by atoms with Gasteiger partial charge in [-0.3, -0.25) is 19.2 Å². The second-order valence-electron chi connectivity index (χ2n) is 9.54. The Kier molecular flexibility index (Phi) is 12.6. The van der Waals surface area contributed by atoms with Crippen molar-refractivity contribution in [1.29, 1.82) is 0 Å². The van der Waals surface area contributed by atoms with E-state index in [0.29, 0.717) is 5.56 Å². The number of carbonyl (C=O) groups excluding carboxylic acids is 3. The van der Waals surface area contributed by atoms with Gasteiger partial charge in [-0.15, -0.1) is 0 Å². The minimum absolute atomic E-state index is 0.00524. The van der Waals surface area contributed by atoms with Crippen LogP contribution in [-0.4, -0.2) is 64.0 Å². The van der Waals surface area contributed by atoms with Gasteiger partial charge in [-0.25, -0.2) is 4.79 Å². The molecule has 1 rings (SSSR count). The van der Waals surface area contributed by atoms with Crippen LogP contribution in [0.25, 0.3) is 0 Å². The molecule has 0 fully saturated rings. The number of benzene rings is 1. The highest BCUT2D eigenvalue weighted by atomic mass is 16.4. The Hall–Kier alpha value is -3.47. The molecular weight excluding hydrogens is 468 g/mol. The van der Waals surface area contributed by atoms with Crippen molar-refractivity contribution in [3.05, 3.63) is 35.9 Å². The van der Waals surface area contributed by atoms with Crippen molar-refractivity contribution in [3.8, 4) is 0 Å². The molecule has 0 aliphatic carbocycles. The van der Waals surface area contributed by atoms with Gasteiger partial charge in [-0.05, 0) is 30.2 Å². The predicted molar refractivity (Wildman–Crippen MR) is 133 cm³/mol. The minimum Gasteiger partial charge on any atom is -0.481 e. The Morgan fingerprint density at radius 1 is 0.806 bits per heavy atom. The second kappa shape index (κ2) is 14.8. The van der Waals surface area contributed by atoms with Crippen molar-refractivity contribution in [2.24, 2.45) is 17.6 Å². The van der Waals surface area contributed by atoms with Crippen LogP contribution in [0.2, 0.25) is 0 Å². The van der Waals surface area contributed by atoms with Crippen LogP contribution < -0.4 is 21.7 Å². The molecule has 1 aromatic carbocycles. The summed E-state index contributed by atoms with van der Waals surface area (Å²) in [5.74, 6) is -4.69. The van der Waals surface area contributed by atoms with E-state index in [1.54, 1.807) is 44.2 Å². The van der Waals surface area contributed by atoms with E-state index in [0.717, 1.165) is 0 Å². The third-order valence-electron chi connectivity index (χ3n) is 5.54. The van der Waals surface area contributed by atoms with Gasteiger partial charge in [0.25, 0.3) is 0 Å². The first-order chi connectivity index (χ1) is 16.8. The highest BCUT2D eigenvalue weighted by Gasteiger charge is 2.31. The molecule has 0 aliphatic heterocycles. The van der Waals surface area contributed by atoms with Crippen LogP contribution in [-0.2, 0) is 30.4 Å². The Balaban J connectivity index is 3.15. The quantitative estimate of drug-likeness (QED) is 0.200. The molecule has 1 aromatic rings. The molecule has 11 nitrogen and oxygen atoms in total. The molecule has 4 atom stereocenters. The smallest absolute Gasteiger partial charge is 0.326 e. The summed E-state index contributed by atoms with van der Waals surface area (Å²) in [6, 6.07) is 4.31. The third kappa shape index (κ3) is 10.9. The fourth-order valence-electron chi connectivity index (χ4n) is 3.40. The molecule has 0 saturated carbocycles. The van der Waals surface area contributed by atoms with Crippen LogP contribution in [0.15, 0.2) is 30.3 Å². The van der Waals surface area contributed by atoms with Gasteiger partial charge in [-0.1, -0.05) is 58.0 Å². The van der Waals surface area contributed by atoms with Crippen LogP contribution in [0.4, 0.5) is 0 Å². The molecule has 0 spiro atoms. The predicted octanol–water partition coefficient (Wildman–Crippen LogP) is 0.662. The zero-order valence-corrected chi connectivity index (χ0v) is 21.2. The second-order valence-corrected chi connectivity index (χ2v) is 9.54. The molecule has 0 radical (unpaired) electrons. The Bertz CT molecular complexity index is 905. The number of hydrogen-bond acceptors (Lipinski definition) is 6. The molecule has 4 unspecified atom stereocenters. The Morgan fingerprint density at radius 3 is 1.83 bits per heavy atom. The minimum atomic E-state index is -1.25. The number of amides is 3. The lowest BCUT2D eigenvalue weighted by Crippen LogP contribution is -2.58. The molecule has 0 heterocycles.